The second kappa shape index (κ2) is 7.09. The van der Waals surface area contributed by atoms with Gasteiger partial charge in [-0.15, -0.1) is 0 Å². The molecule has 2 N–H and O–H groups in total. The average molecular weight is 304 g/mol. The fraction of sp³-hybridized carbons (Fsp3) is 0.562. The summed E-state index contributed by atoms with van der Waals surface area (Å²) in [4.78, 5) is 14.8. The predicted molar refractivity (Wildman–Crippen MR) is 84.9 cm³/mol. The predicted octanol–water partition coefficient (Wildman–Crippen LogP) is 0.320. The van der Waals surface area contributed by atoms with Crippen molar-refractivity contribution in [2.75, 3.05) is 46.4 Å². The molecule has 2 fully saturated rings. The number of hydrogen-bond donors (Lipinski definition) is 2. The Labute approximate surface area is 131 Å². The first-order valence-corrected chi connectivity index (χ1v) is 7.91. The fourth-order valence-corrected chi connectivity index (χ4v) is 3.16. The van der Waals surface area contributed by atoms with Crippen molar-refractivity contribution in [2.24, 2.45) is 0 Å². The van der Waals surface area contributed by atoms with Crippen LogP contribution in [0.5, 0.6) is 5.75 Å². The lowest BCUT2D eigenvalue weighted by Gasteiger charge is -2.32. The Morgan fingerprint density at radius 3 is 2.91 bits per heavy atom. The smallest absolute Gasteiger partial charge is 0.265 e. The van der Waals surface area contributed by atoms with Crippen molar-refractivity contribution in [1.29, 1.82) is 0 Å². The minimum atomic E-state index is -0.0696. The minimum Gasteiger partial charge on any atom is -0.497 e. The van der Waals surface area contributed by atoms with Gasteiger partial charge in [-0.05, 0) is 24.6 Å². The van der Waals surface area contributed by atoms with Crippen LogP contribution in [0.1, 0.15) is 16.8 Å². The maximum absolute atomic E-state index is 12.3. The number of amides is 1. The van der Waals surface area contributed by atoms with E-state index in [-0.39, 0.29) is 5.91 Å². The Balaban J connectivity index is 1.54. The van der Waals surface area contributed by atoms with Crippen LogP contribution in [0.2, 0.25) is 0 Å². The van der Waals surface area contributed by atoms with Gasteiger partial charge >= 0.3 is 0 Å². The molecule has 1 atom stereocenters. The van der Waals surface area contributed by atoms with Crippen molar-refractivity contribution in [3.05, 3.63) is 29.8 Å². The maximum atomic E-state index is 12.3. The molecular formula is C16H24N4O2. The number of nitrogens with one attached hydrogen (secondary N) is 2. The van der Waals surface area contributed by atoms with Crippen LogP contribution in [0.3, 0.4) is 0 Å². The molecule has 0 bridgehead atoms. The SMILES string of the molecule is COc1cccc(C(=O)NN2CCC(N3CCNCC3)C2)c1. The van der Waals surface area contributed by atoms with E-state index in [1.54, 1.807) is 13.2 Å². The van der Waals surface area contributed by atoms with Crippen molar-refractivity contribution in [2.45, 2.75) is 12.5 Å². The van der Waals surface area contributed by atoms with Gasteiger partial charge in [-0.2, -0.15) is 0 Å². The summed E-state index contributed by atoms with van der Waals surface area (Å²) >= 11 is 0. The third-order valence-electron chi connectivity index (χ3n) is 4.42. The topological polar surface area (TPSA) is 56.8 Å². The normalized spacial score (nSPS) is 23.4. The van der Waals surface area contributed by atoms with Gasteiger partial charge in [-0.25, -0.2) is 5.01 Å². The number of methoxy groups -OCH3 is 1. The van der Waals surface area contributed by atoms with Crippen molar-refractivity contribution >= 4 is 5.91 Å². The largest absolute Gasteiger partial charge is 0.497 e. The van der Waals surface area contributed by atoms with Gasteiger partial charge < -0.3 is 10.1 Å². The zero-order chi connectivity index (χ0) is 15.4. The zero-order valence-electron chi connectivity index (χ0n) is 13.0. The molecule has 0 radical (unpaired) electrons. The Kier molecular flexibility index (Phi) is 4.92. The highest BCUT2D eigenvalue weighted by Gasteiger charge is 2.29. The highest BCUT2D eigenvalue weighted by molar-refractivity contribution is 5.94. The van der Waals surface area contributed by atoms with Crippen LogP contribution in [0.25, 0.3) is 0 Å². The van der Waals surface area contributed by atoms with Crippen LogP contribution < -0.4 is 15.5 Å². The highest BCUT2D eigenvalue weighted by Crippen LogP contribution is 2.16. The molecule has 2 heterocycles. The molecule has 2 saturated heterocycles. The second-order valence-electron chi connectivity index (χ2n) is 5.85. The lowest BCUT2D eigenvalue weighted by atomic mass is 10.2. The number of benzene rings is 1. The molecule has 2 aliphatic rings. The van der Waals surface area contributed by atoms with Gasteiger partial charge in [0.15, 0.2) is 0 Å². The summed E-state index contributed by atoms with van der Waals surface area (Å²) in [6.07, 6.45) is 1.11. The standard InChI is InChI=1S/C16H24N4O2/c1-22-15-4-2-3-13(11-15)16(21)18-20-8-5-14(12-20)19-9-6-17-7-10-19/h2-4,11,14,17H,5-10,12H2,1H3,(H,18,21). The van der Waals surface area contributed by atoms with Crippen molar-refractivity contribution in [3.63, 3.8) is 0 Å². The van der Waals surface area contributed by atoms with E-state index in [0.29, 0.717) is 17.4 Å². The molecule has 1 aromatic carbocycles. The molecule has 120 valence electrons. The van der Waals surface area contributed by atoms with E-state index in [4.69, 9.17) is 4.74 Å². The van der Waals surface area contributed by atoms with E-state index in [1.165, 1.54) is 0 Å². The first-order chi connectivity index (χ1) is 10.8. The Hall–Kier alpha value is -1.63. The Morgan fingerprint density at radius 2 is 2.14 bits per heavy atom. The van der Waals surface area contributed by atoms with Crippen LogP contribution in [0.4, 0.5) is 0 Å². The summed E-state index contributed by atoms with van der Waals surface area (Å²) in [5.74, 6) is 0.632. The van der Waals surface area contributed by atoms with Gasteiger partial charge in [-0.3, -0.25) is 15.1 Å². The lowest BCUT2D eigenvalue weighted by Crippen LogP contribution is -2.50. The van der Waals surface area contributed by atoms with Gasteiger partial charge in [0.05, 0.1) is 7.11 Å². The molecule has 3 rings (SSSR count). The van der Waals surface area contributed by atoms with Crippen molar-refractivity contribution < 1.29 is 9.53 Å². The van der Waals surface area contributed by atoms with Crippen molar-refractivity contribution in [3.8, 4) is 5.75 Å². The third-order valence-corrected chi connectivity index (χ3v) is 4.42. The number of carbonyl (C=O) groups is 1. The molecule has 1 unspecified atom stereocenters. The van der Waals surface area contributed by atoms with Crippen LogP contribution >= 0.6 is 0 Å². The van der Waals surface area contributed by atoms with E-state index in [0.717, 1.165) is 45.7 Å². The first kappa shape index (κ1) is 15.3. The number of hydrogen-bond acceptors (Lipinski definition) is 5. The second-order valence-corrected chi connectivity index (χ2v) is 5.85. The summed E-state index contributed by atoms with van der Waals surface area (Å²) in [5.41, 5.74) is 3.64. The molecule has 1 amide bonds. The van der Waals surface area contributed by atoms with E-state index in [2.05, 4.69) is 15.6 Å². The van der Waals surface area contributed by atoms with Crippen LogP contribution in [0.15, 0.2) is 24.3 Å². The number of piperazine rings is 1. The molecule has 0 aliphatic carbocycles. The fourth-order valence-electron chi connectivity index (χ4n) is 3.16. The molecular weight excluding hydrogens is 280 g/mol. The molecule has 0 aromatic heterocycles. The molecule has 2 aliphatic heterocycles. The lowest BCUT2D eigenvalue weighted by molar-refractivity contribution is 0.0806. The van der Waals surface area contributed by atoms with Gasteiger partial charge in [0, 0.05) is 50.9 Å². The van der Waals surface area contributed by atoms with Gasteiger partial charge in [0.2, 0.25) is 0 Å². The Bertz CT molecular complexity index is 517. The third kappa shape index (κ3) is 3.58. The molecule has 0 spiro atoms. The van der Waals surface area contributed by atoms with Gasteiger partial charge in [0.25, 0.3) is 5.91 Å². The summed E-state index contributed by atoms with van der Waals surface area (Å²) < 4.78 is 5.17. The summed E-state index contributed by atoms with van der Waals surface area (Å²) in [6.45, 7) is 6.13. The minimum absolute atomic E-state index is 0.0696. The van der Waals surface area contributed by atoms with Gasteiger partial charge in [-0.1, -0.05) is 6.07 Å². The van der Waals surface area contributed by atoms with Crippen LogP contribution in [0, 0.1) is 0 Å². The molecule has 22 heavy (non-hydrogen) atoms. The molecule has 6 heteroatoms. The van der Waals surface area contributed by atoms with E-state index in [9.17, 15) is 4.79 Å². The maximum Gasteiger partial charge on any atom is 0.265 e. The highest BCUT2D eigenvalue weighted by atomic mass is 16.5. The monoisotopic (exact) mass is 304 g/mol. The first-order valence-electron chi connectivity index (χ1n) is 7.91. The number of nitrogens with zero attached hydrogens (tertiary/aromatic N) is 2. The van der Waals surface area contributed by atoms with E-state index < -0.39 is 0 Å². The quantitative estimate of drug-likeness (QED) is 0.839. The van der Waals surface area contributed by atoms with E-state index in [1.807, 2.05) is 23.2 Å². The van der Waals surface area contributed by atoms with Crippen LogP contribution in [-0.4, -0.2) is 68.2 Å². The average Bonchev–Trinajstić information content (AvgIpc) is 3.04. The zero-order valence-corrected chi connectivity index (χ0v) is 13.0. The summed E-state index contributed by atoms with van der Waals surface area (Å²) in [5, 5.41) is 5.41. The number of ether oxygens (including phenoxy) is 1. The van der Waals surface area contributed by atoms with Crippen molar-refractivity contribution in [1.82, 2.24) is 20.7 Å². The van der Waals surface area contributed by atoms with Crippen LogP contribution in [-0.2, 0) is 0 Å². The van der Waals surface area contributed by atoms with Gasteiger partial charge in [0.1, 0.15) is 5.75 Å². The Morgan fingerprint density at radius 1 is 1.32 bits per heavy atom. The van der Waals surface area contributed by atoms with E-state index >= 15 is 0 Å². The number of carbonyl (C=O) groups excluding carboxylic acids is 1. The molecule has 1 aromatic rings. The summed E-state index contributed by atoms with van der Waals surface area (Å²) in [7, 11) is 1.61. The molecule has 6 nitrogen and oxygen atoms in total. The summed E-state index contributed by atoms with van der Waals surface area (Å²) in [6, 6.07) is 7.79. The number of rotatable bonds is 4. The number of hydrazine groups is 1. The molecule has 0 saturated carbocycles.